The first-order chi connectivity index (χ1) is 22.3. The topological polar surface area (TPSA) is 63.3 Å². The van der Waals surface area contributed by atoms with Crippen molar-refractivity contribution in [3.8, 4) is 11.3 Å². The van der Waals surface area contributed by atoms with E-state index in [9.17, 15) is 9.90 Å². The summed E-state index contributed by atoms with van der Waals surface area (Å²) in [6.07, 6.45) is 6.58. The van der Waals surface area contributed by atoms with Crippen LogP contribution in [0.15, 0.2) is 93.9 Å². The molecule has 0 aliphatic rings. The van der Waals surface area contributed by atoms with E-state index in [1.54, 1.807) is 11.3 Å². The third-order valence-corrected chi connectivity index (χ3v) is 10.5. The van der Waals surface area contributed by atoms with Crippen molar-refractivity contribution >= 4 is 49.8 Å². The van der Waals surface area contributed by atoms with E-state index in [2.05, 4.69) is 68.6 Å². The number of hydrogen-bond acceptors (Lipinski definition) is 5. The van der Waals surface area contributed by atoms with Crippen molar-refractivity contribution in [2.75, 3.05) is 0 Å². The molecule has 1 N–H and O–H groups in total. The number of carbonyl (C=O) groups excluding carboxylic acids is 1. The summed E-state index contributed by atoms with van der Waals surface area (Å²) in [5.74, 6) is 0.286. The summed E-state index contributed by atoms with van der Waals surface area (Å²) in [5, 5.41) is 18.7. The maximum atomic E-state index is 12.2. The number of rotatable bonds is 8. The van der Waals surface area contributed by atoms with Crippen molar-refractivity contribution in [1.82, 2.24) is 4.98 Å². The maximum Gasteiger partial charge on any atom is 0.164 e. The van der Waals surface area contributed by atoms with Gasteiger partial charge >= 0.3 is 0 Å². The first kappa shape index (κ1) is 39.1. The van der Waals surface area contributed by atoms with Gasteiger partial charge in [0.2, 0.25) is 0 Å². The molecule has 0 aliphatic carbocycles. The molecule has 2 aromatic carbocycles. The van der Waals surface area contributed by atoms with E-state index < -0.39 is 0 Å². The molecular weight excluding hydrogens is 791 g/mol. The Morgan fingerprint density at radius 2 is 1.48 bits per heavy atom. The summed E-state index contributed by atoms with van der Waals surface area (Å²) in [7, 11) is 0. The Balaban J connectivity index is 0.000000301. The number of furan rings is 1. The second-order valence-corrected chi connectivity index (χ2v) is 14.7. The van der Waals surface area contributed by atoms with Gasteiger partial charge in [0, 0.05) is 59.7 Å². The van der Waals surface area contributed by atoms with Gasteiger partial charge in [-0.3, -0.25) is 9.78 Å². The van der Waals surface area contributed by atoms with E-state index in [0.717, 1.165) is 64.3 Å². The molecule has 48 heavy (non-hydrogen) atoms. The van der Waals surface area contributed by atoms with Crippen LogP contribution in [0, 0.1) is 16.9 Å². The number of aliphatic hydroxyl groups excluding tert-OH is 1. The zero-order valence-corrected chi connectivity index (χ0v) is 33.1. The van der Waals surface area contributed by atoms with Gasteiger partial charge in [0.15, 0.2) is 5.78 Å². The summed E-state index contributed by atoms with van der Waals surface area (Å²) < 4.78 is 6.19. The average molecular weight is 841 g/mol. The van der Waals surface area contributed by atoms with Crippen molar-refractivity contribution < 1.29 is 34.4 Å². The Bertz CT molecular complexity index is 1940. The number of benzene rings is 2. The van der Waals surface area contributed by atoms with Crippen molar-refractivity contribution in [3.63, 3.8) is 0 Å². The number of pyridine rings is 1. The second kappa shape index (κ2) is 16.4. The van der Waals surface area contributed by atoms with Crippen LogP contribution in [0.1, 0.15) is 93.6 Å². The Morgan fingerprint density at radius 3 is 2.12 bits per heavy atom. The quantitative estimate of drug-likeness (QED) is 0.0960. The number of carbonyl (C=O) groups is 1. The summed E-state index contributed by atoms with van der Waals surface area (Å²) in [4.78, 5) is 17.0. The normalized spacial score (nSPS) is 12.3. The number of ketones is 1. The number of aromatic nitrogens is 1. The van der Waals surface area contributed by atoms with Crippen LogP contribution in [0.4, 0.5) is 0 Å². The molecule has 1 radical (unpaired) electrons. The number of hydrogen-bond donors (Lipinski definition) is 1. The molecule has 3 heterocycles. The molecule has 0 saturated heterocycles. The Kier molecular flexibility index (Phi) is 13.4. The molecule has 0 fully saturated rings. The van der Waals surface area contributed by atoms with Gasteiger partial charge in [-0.15, -0.1) is 29.1 Å². The van der Waals surface area contributed by atoms with Crippen LogP contribution in [0.5, 0.6) is 0 Å². The summed E-state index contributed by atoms with van der Waals surface area (Å²) >= 11 is 1.65. The van der Waals surface area contributed by atoms with Crippen LogP contribution in [0.3, 0.4) is 0 Å². The van der Waals surface area contributed by atoms with E-state index >= 15 is 0 Å². The molecule has 0 atom stereocenters. The predicted octanol–water partition coefficient (Wildman–Crippen LogP) is 12.7. The van der Waals surface area contributed by atoms with E-state index in [0.29, 0.717) is 0 Å². The van der Waals surface area contributed by atoms with Crippen molar-refractivity contribution in [3.05, 3.63) is 101 Å². The summed E-state index contributed by atoms with van der Waals surface area (Å²) in [6.45, 7) is 18.8. The maximum absolute atomic E-state index is 12.2. The van der Waals surface area contributed by atoms with E-state index in [1.807, 2.05) is 77.4 Å². The minimum atomic E-state index is -0.337. The van der Waals surface area contributed by atoms with Gasteiger partial charge in [-0.05, 0) is 60.1 Å². The largest absolute Gasteiger partial charge is 0.512 e. The van der Waals surface area contributed by atoms with Crippen LogP contribution in [0.2, 0.25) is 0 Å². The molecule has 0 saturated carbocycles. The molecule has 4 nitrogen and oxygen atoms in total. The SMILES string of the molecule is CC(C)(C)c1cc(-c2nccc3oc4ccccsccc4c23)[c-]c2ccccc12.CCC(C)(CC)C(=O)/C=C(\O)C(C)(CC)CC.[Ir]. The molecular formula is C42H50IrNO3S-. The minimum Gasteiger partial charge on any atom is -0.512 e. The molecule has 0 spiro atoms. The van der Waals surface area contributed by atoms with Crippen LogP contribution >= 0.6 is 11.3 Å². The molecule has 0 amide bonds. The smallest absolute Gasteiger partial charge is 0.164 e. The molecule has 6 heteroatoms. The second-order valence-electron chi connectivity index (χ2n) is 13.9. The van der Waals surface area contributed by atoms with E-state index in [1.165, 1.54) is 17.0 Å². The third-order valence-electron chi connectivity index (χ3n) is 9.94. The van der Waals surface area contributed by atoms with Crippen LogP contribution in [-0.4, -0.2) is 15.9 Å². The molecule has 5 aromatic rings. The molecule has 0 bridgehead atoms. The van der Waals surface area contributed by atoms with Gasteiger partial charge in [0.05, 0.1) is 0 Å². The van der Waals surface area contributed by atoms with Crippen LogP contribution in [-0.2, 0) is 30.3 Å². The van der Waals surface area contributed by atoms with Gasteiger partial charge in [-0.25, -0.2) is 0 Å². The Morgan fingerprint density at radius 1 is 0.833 bits per heavy atom. The number of allylic oxidation sites excluding steroid dienone is 2. The third kappa shape index (κ3) is 8.45. The first-order valence-corrected chi connectivity index (χ1v) is 17.7. The molecule has 257 valence electrons. The molecule has 0 unspecified atom stereocenters. The standard InChI is InChI=1S/C27H22NOS.C15H28O2.Ir/c1-27(2,3)22-17-19(16-18-8-4-5-9-20(18)22)26-25-21-12-15-30-14-7-6-10-23(21)29-24(25)11-13-28-26;1-7-14(5,8-2)12(16)11-13(17)15(6,9-3)10-4;/h4-15,17H,1-3H3;11,16H,7-10H2,1-6H3;/q-1;;/b;12-11-;. The molecule has 5 rings (SSSR count). The van der Waals surface area contributed by atoms with Gasteiger partial charge in [0.1, 0.15) is 16.9 Å². The van der Waals surface area contributed by atoms with Crippen LogP contribution < -0.4 is 0 Å². The predicted molar refractivity (Wildman–Crippen MR) is 201 cm³/mol. The van der Waals surface area contributed by atoms with Gasteiger partial charge in [0.25, 0.3) is 0 Å². The summed E-state index contributed by atoms with van der Waals surface area (Å²) in [5.41, 5.74) is 4.29. The van der Waals surface area contributed by atoms with Crippen molar-refractivity contribution in [2.24, 2.45) is 10.8 Å². The van der Waals surface area contributed by atoms with Crippen molar-refractivity contribution in [2.45, 2.75) is 93.4 Å². The van der Waals surface area contributed by atoms with Gasteiger partial charge < -0.3 is 9.52 Å². The first-order valence-electron chi connectivity index (χ1n) is 16.8. The fourth-order valence-electron chi connectivity index (χ4n) is 5.63. The van der Waals surface area contributed by atoms with Crippen LogP contribution in [0.25, 0.3) is 44.0 Å². The zero-order valence-electron chi connectivity index (χ0n) is 29.9. The van der Waals surface area contributed by atoms with Gasteiger partial charge in [-0.2, -0.15) is 11.3 Å². The Hall–Kier alpha value is -3.31. The van der Waals surface area contributed by atoms with Crippen molar-refractivity contribution in [1.29, 1.82) is 0 Å². The number of aliphatic hydroxyl groups is 1. The Labute approximate surface area is 304 Å². The van der Waals surface area contributed by atoms with E-state index in [-0.39, 0.29) is 47.9 Å². The van der Waals surface area contributed by atoms with Gasteiger partial charge in [-0.1, -0.05) is 104 Å². The zero-order chi connectivity index (χ0) is 34.4. The minimum absolute atomic E-state index is 0. The number of nitrogens with zero attached hydrogens (tertiary/aromatic N) is 1. The molecule has 3 aromatic heterocycles. The number of fused-ring (bicyclic) bond motifs is 4. The fraction of sp³-hybridized carbons (Fsp3) is 0.381. The molecule has 0 aliphatic heterocycles. The monoisotopic (exact) mass is 841 g/mol. The van der Waals surface area contributed by atoms with E-state index in [4.69, 9.17) is 9.40 Å². The summed E-state index contributed by atoms with van der Waals surface area (Å²) in [6, 6.07) is 24.4. The average Bonchev–Trinajstić information content (AvgIpc) is 3.47. The fourth-order valence-corrected chi connectivity index (χ4v) is 6.11.